The summed E-state index contributed by atoms with van der Waals surface area (Å²) in [5, 5.41) is 6.14. The van der Waals surface area contributed by atoms with Gasteiger partial charge in [0.2, 0.25) is 11.8 Å². The minimum Gasteiger partial charge on any atom is -0.315 e. The van der Waals surface area contributed by atoms with Gasteiger partial charge in [-0.3, -0.25) is 9.59 Å². The maximum Gasteiger partial charge on any atom is 0.246 e. The second kappa shape index (κ2) is 5.97. The fraction of sp³-hybridized carbons (Fsp3) is 0.550. The van der Waals surface area contributed by atoms with E-state index >= 15 is 0 Å². The van der Waals surface area contributed by atoms with E-state index in [4.69, 9.17) is 0 Å². The Balaban J connectivity index is 1.74. The molecule has 0 spiro atoms. The SMILES string of the molecule is CC1CCc2cc(C3=NN(C)C(=O)C4CCCC34)ccc2N(C)C1=O. The Kier molecular flexibility index (Phi) is 3.89. The number of fused-ring (bicyclic) bond motifs is 2. The summed E-state index contributed by atoms with van der Waals surface area (Å²) >= 11 is 0. The number of hydrogen-bond donors (Lipinski definition) is 0. The molecule has 0 saturated heterocycles. The summed E-state index contributed by atoms with van der Waals surface area (Å²) in [6.45, 7) is 2.00. The molecule has 3 atom stereocenters. The van der Waals surface area contributed by atoms with Gasteiger partial charge in [-0.05, 0) is 48.9 Å². The lowest BCUT2D eigenvalue weighted by Gasteiger charge is -2.30. The van der Waals surface area contributed by atoms with Crippen molar-refractivity contribution in [2.75, 3.05) is 19.0 Å². The third-order valence-electron chi connectivity index (χ3n) is 6.10. The van der Waals surface area contributed by atoms with Crippen molar-refractivity contribution >= 4 is 23.2 Å². The lowest BCUT2D eigenvalue weighted by molar-refractivity contribution is -0.135. The molecule has 0 bridgehead atoms. The average molecular weight is 339 g/mol. The van der Waals surface area contributed by atoms with Gasteiger partial charge in [-0.15, -0.1) is 0 Å². The van der Waals surface area contributed by atoms with Gasteiger partial charge in [0.25, 0.3) is 0 Å². The molecule has 5 nitrogen and oxygen atoms in total. The van der Waals surface area contributed by atoms with Crippen molar-refractivity contribution < 1.29 is 9.59 Å². The van der Waals surface area contributed by atoms with E-state index in [0.717, 1.165) is 49.1 Å². The highest BCUT2D eigenvalue weighted by Crippen LogP contribution is 2.39. The Hall–Kier alpha value is -2.17. The average Bonchev–Trinajstić information content (AvgIpc) is 3.07. The van der Waals surface area contributed by atoms with Gasteiger partial charge in [0.15, 0.2) is 0 Å². The first-order valence-electron chi connectivity index (χ1n) is 9.24. The van der Waals surface area contributed by atoms with Crippen LogP contribution in [0.2, 0.25) is 0 Å². The summed E-state index contributed by atoms with van der Waals surface area (Å²) in [6.07, 6.45) is 4.86. The van der Waals surface area contributed by atoms with Crippen molar-refractivity contribution in [3.05, 3.63) is 29.3 Å². The van der Waals surface area contributed by atoms with Gasteiger partial charge in [0.1, 0.15) is 0 Å². The van der Waals surface area contributed by atoms with Gasteiger partial charge in [-0.25, -0.2) is 5.01 Å². The van der Waals surface area contributed by atoms with E-state index < -0.39 is 0 Å². The van der Waals surface area contributed by atoms with Crippen LogP contribution in [0.25, 0.3) is 0 Å². The van der Waals surface area contributed by atoms with Crippen LogP contribution in [0, 0.1) is 17.8 Å². The van der Waals surface area contributed by atoms with Crippen LogP contribution in [0.5, 0.6) is 0 Å². The third-order valence-corrected chi connectivity index (χ3v) is 6.10. The number of carbonyl (C=O) groups excluding carboxylic acids is 2. The summed E-state index contributed by atoms with van der Waals surface area (Å²) in [5.74, 6) is 0.713. The number of nitrogens with zero attached hydrogens (tertiary/aromatic N) is 3. The number of hydrazone groups is 1. The van der Waals surface area contributed by atoms with E-state index in [0.29, 0.717) is 0 Å². The van der Waals surface area contributed by atoms with Crippen LogP contribution in [-0.4, -0.2) is 36.6 Å². The van der Waals surface area contributed by atoms with Crippen molar-refractivity contribution in [2.24, 2.45) is 22.9 Å². The number of aryl methyl sites for hydroxylation is 1. The Morgan fingerprint density at radius 1 is 1.04 bits per heavy atom. The highest BCUT2D eigenvalue weighted by atomic mass is 16.2. The van der Waals surface area contributed by atoms with Gasteiger partial charge in [-0.2, -0.15) is 5.10 Å². The molecule has 5 heteroatoms. The fourth-order valence-corrected chi connectivity index (χ4v) is 4.60. The molecule has 4 rings (SSSR count). The molecule has 1 fully saturated rings. The van der Waals surface area contributed by atoms with Gasteiger partial charge in [-0.1, -0.05) is 19.4 Å². The molecule has 0 aromatic heterocycles. The molecule has 25 heavy (non-hydrogen) atoms. The predicted molar refractivity (Wildman–Crippen MR) is 97.5 cm³/mol. The zero-order valence-electron chi connectivity index (χ0n) is 15.2. The van der Waals surface area contributed by atoms with Crippen LogP contribution < -0.4 is 4.90 Å². The standard InChI is InChI=1S/C20H25N3O2/c1-12-7-8-13-11-14(9-10-17(13)22(2)19(12)24)18-15-5-4-6-16(15)20(25)23(3)21-18/h9-12,15-16H,4-8H2,1-3H3. The van der Waals surface area contributed by atoms with Crippen molar-refractivity contribution in [2.45, 2.75) is 39.0 Å². The Morgan fingerprint density at radius 3 is 2.60 bits per heavy atom. The minimum atomic E-state index is 0.0517. The summed E-state index contributed by atoms with van der Waals surface area (Å²) in [7, 11) is 3.62. The van der Waals surface area contributed by atoms with Crippen molar-refractivity contribution in [1.29, 1.82) is 0 Å². The van der Waals surface area contributed by atoms with Gasteiger partial charge in [0.05, 0.1) is 5.71 Å². The van der Waals surface area contributed by atoms with Crippen LogP contribution in [0.15, 0.2) is 23.3 Å². The Labute approximate surface area is 148 Å². The lowest BCUT2D eigenvalue weighted by atomic mass is 9.85. The maximum absolute atomic E-state index is 12.4. The molecular weight excluding hydrogens is 314 g/mol. The highest BCUT2D eigenvalue weighted by Gasteiger charge is 2.41. The van der Waals surface area contributed by atoms with E-state index in [1.165, 1.54) is 10.6 Å². The Morgan fingerprint density at radius 2 is 1.80 bits per heavy atom. The molecule has 2 aliphatic heterocycles. The van der Waals surface area contributed by atoms with E-state index in [1.54, 1.807) is 11.9 Å². The Bertz CT molecular complexity index is 770. The van der Waals surface area contributed by atoms with Gasteiger partial charge >= 0.3 is 0 Å². The van der Waals surface area contributed by atoms with Crippen molar-refractivity contribution in [3.8, 4) is 0 Å². The van der Waals surface area contributed by atoms with Crippen LogP contribution in [0.1, 0.15) is 43.7 Å². The molecule has 1 aliphatic carbocycles. The first-order valence-corrected chi connectivity index (χ1v) is 9.24. The van der Waals surface area contributed by atoms with E-state index in [-0.39, 0.29) is 29.6 Å². The number of anilines is 1. The molecule has 3 aliphatic rings. The van der Waals surface area contributed by atoms with Crippen LogP contribution >= 0.6 is 0 Å². The van der Waals surface area contributed by atoms with Crippen LogP contribution in [0.4, 0.5) is 5.69 Å². The first kappa shape index (κ1) is 16.3. The zero-order chi connectivity index (χ0) is 17.7. The second-order valence-electron chi connectivity index (χ2n) is 7.67. The molecule has 0 radical (unpaired) electrons. The molecule has 2 heterocycles. The van der Waals surface area contributed by atoms with E-state index in [2.05, 4.69) is 17.2 Å². The monoisotopic (exact) mass is 339 g/mol. The molecule has 1 saturated carbocycles. The lowest BCUT2D eigenvalue weighted by Crippen LogP contribution is -2.40. The molecule has 1 aromatic rings. The van der Waals surface area contributed by atoms with Crippen molar-refractivity contribution in [1.82, 2.24) is 5.01 Å². The van der Waals surface area contributed by atoms with E-state index in [9.17, 15) is 9.59 Å². The normalized spacial score (nSPS) is 29.2. The molecular formula is C20H25N3O2. The summed E-state index contributed by atoms with van der Waals surface area (Å²) in [4.78, 5) is 26.5. The maximum atomic E-state index is 12.4. The summed E-state index contributed by atoms with van der Waals surface area (Å²) in [5.41, 5.74) is 4.35. The van der Waals surface area contributed by atoms with Crippen LogP contribution in [0.3, 0.4) is 0 Å². The number of amides is 2. The topological polar surface area (TPSA) is 53.0 Å². The molecule has 1 aromatic carbocycles. The smallest absolute Gasteiger partial charge is 0.246 e. The molecule has 3 unspecified atom stereocenters. The van der Waals surface area contributed by atoms with Crippen LogP contribution in [-0.2, 0) is 16.0 Å². The number of rotatable bonds is 1. The largest absolute Gasteiger partial charge is 0.315 e. The second-order valence-corrected chi connectivity index (χ2v) is 7.67. The zero-order valence-corrected chi connectivity index (χ0v) is 15.2. The summed E-state index contributed by atoms with van der Waals surface area (Å²) < 4.78 is 0. The number of hydrogen-bond acceptors (Lipinski definition) is 3. The van der Waals surface area contributed by atoms with Gasteiger partial charge in [0, 0.05) is 37.5 Å². The molecule has 132 valence electrons. The molecule has 2 amide bonds. The number of benzene rings is 1. The predicted octanol–water partition coefficient (Wildman–Crippen LogP) is 2.82. The third kappa shape index (κ3) is 2.57. The van der Waals surface area contributed by atoms with Crippen molar-refractivity contribution in [3.63, 3.8) is 0 Å². The van der Waals surface area contributed by atoms with Gasteiger partial charge < -0.3 is 4.90 Å². The first-order chi connectivity index (χ1) is 12.0. The fourth-order valence-electron chi connectivity index (χ4n) is 4.60. The number of carbonyl (C=O) groups is 2. The van der Waals surface area contributed by atoms with E-state index in [1.807, 2.05) is 20.0 Å². The minimum absolute atomic E-state index is 0.0517. The highest BCUT2D eigenvalue weighted by molar-refractivity contribution is 6.07. The summed E-state index contributed by atoms with van der Waals surface area (Å²) in [6, 6.07) is 6.30. The molecule has 0 N–H and O–H groups in total. The quantitative estimate of drug-likeness (QED) is 0.790.